The number of nitrogens with one attached hydrogen (secondary N) is 1. The third-order valence-electron chi connectivity index (χ3n) is 5.43. The molecule has 2 fully saturated rings. The van der Waals surface area contributed by atoms with Gasteiger partial charge in [0.15, 0.2) is 0 Å². The highest BCUT2D eigenvalue weighted by Crippen LogP contribution is 2.50. The van der Waals surface area contributed by atoms with Crippen LogP contribution in [0.5, 0.6) is 0 Å². The highest BCUT2D eigenvalue weighted by Gasteiger charge is 2.53. The van der Waals surface area contributed by atoms with Gasteiger partial charge in [-0.15, -0.1) is 0 Å². The van der Waals surface area contributed by atoms with E-state index in [0.717, 1.165) is 44.3 Å². The highest BCUT2D eigenvalue weighted by molar-refractivity contribution is 6.30. The quantitative estimate of drug-likeness (QED) is 0.872. The van der Waals surface area contributed by atoms with E-state index in [0.29, 0.717) is 17.5 Å². The lowest BCUT2D eigenvalue weighted by Crippen LogP contribution is -2.47. The molecule has 1 aromatic rings. The van der Waals surface area contributed by atoms with Gasteiger partial charge >= 0.3 is 0 Å². The van der Waals surface area contributed by atoms with Crippen LogP contribution in [0, 0.1) is 11.8 Å². The number of nitrogens with zero attached hydrogens (tertiary/aromatic N) is 1. The van der Waals surface area contributed by atoms with Crippen molar-refractivity contribution in [1.82, 2.24) is 10.2 Å². The first kappa shape index (κ1) is 18.2. The molecular weight excluding hydrogens is 336 g/mol. The monoisotopic (exact) mass is 362 g/mol. The molecule has 136 valence electrons. The predicted molar refractivity (Wildman–Crippen MR) is 99.5 cm³/mol. The molecule has 1 atom stereocenters. The van der Waals surface area contributed by atoms with E-state index in [1.54, 1.807) is 0 Å². The number of carbonyl (C=O) groups is 2. The zero-order chi connectivity index (χ0) is 18.0. The Morgan fingerprint density at radius 1 is 1.36 bits per heavy atom. The van der Waals surface area contributed by atoms with Gasteiger partial charge in [-0.2, -0.15) is 0 Å². The number of benzene rings is 1. The second-order valence-corrected chi connectivity index (χ2v) is 8.19. The SMILES string of the molecule is CC(C)C(=O)NC[C@H]1CCCN(C(=O)C2(c3cccc(Cl)c3)CC2)C1. The maximum Gasteiger partial charge on any atom is 0.233 e. The van der Waals surface area contributed by atoms with E-state index in [1.165, 1.54) is 0 Å². The number of likely N-dealkylation sites (tertiary alicyclic amines) is 1. The van der Waals surface area contributed by atoms with Crippen LogP contribution in [0.2, 0.25) is 5.02 Å². The van der Waals surface area contributed by atoms with Crippen LogP contribution >= 0.6 is 11.6 Å². The molecule has 0 spiro atoms. The zero-order valence-corrected chi connectivity index (χ0v) is 15.8. The Bertz CT molecular complexity index is 655. The van der Waals surface area contributed by atoms with Crippen LogP contribution in [-0.4, -0.2) is 36.3 Å². The molecule has 1 aromatic carbocycles. The lowest BCUT2D eigenvalue weighted by molar-refractivity contribution is -0.135. The average Bonchev–Trinajstić information content (AvgIpc) is 3.41. The van der Waals surface area contributed by atoms with Gasteiger partial charge in [0.05, 0.1) is 5.41 Å². The van der Waals surface area contributed by atoms with Crippen LogP contribution in [0.15, 0.2) is 24.3 Å². The van der Waals surface area contributed by atoms with Crippen molar-refractivity contribution in [2.24, 2.45) is 11.8 Å². The number of carbonyl (C=O) groups excluding carboxylic acids is 2. The van der Waals surface area contributed by atoms with Crippen molar-refractivity contribution in [1.29, 1.82) is 0 Å². The van der Waals surface area contributed by atoms with Crippen molar-refractivity contribution in [2.75, 3.05) is 19.6 Å². The molecule has 1 saturated carbocycles. The Morgan fingerprint density at radius 3 is 2.76 bits per heavy atom. The van der Waals surface area contributed by atoms with Crippen molar-refractivity contribution >= 4 is 23.4 Å². The third kappa shape index (κ3) is 4.00. The summed E-state index contributed by atoms with van der Waals surface area (Å²) in [5, 5.41) is 3.70. The van der Waals surface area contributed by atoms with Gasteiger partial charge in [-0.05, 0) is 49.3 Å². The van der Waals surface area contributed by atoms with Crippen LogP contribution in [0.1, 0.15) is 45.1 Å². The summed E-state index contributed by atoms with van der Waals surface area (Å²) in [5.74, 6) is 0.658. The molecule has 2 amide bonds. The first-order valence-electron chi connectivity index (χ1n) is 9.25. The first-order valence-corrected chi connectivity index (χ1v) is 9.63. The molecule has 1 heterocycles. The Labute approximate surface area is 154 Å². The fourth-order valence-corrected chi connectivity index (χ4v) is 3.90. The van der Waals surface area contributed by atoms with E-state index in [-0.39, 0.29) is 23.1 Å². The Balaban J connectivity index is 1.63. The molecular formula is C20H27ClN2O2. The van der Waals surface area contributed by atoms with Crippen LogP contribution in [0.25, 0.3) is 0 Å². The van der Waals surface area contributed by atoms with E-state index in [9.17, 15) is 9.59 Å². The first-order chi connectivity index (χ1) is 11.9. The second-order valence-electron chi connectivity index (χ2n) is 7.75. The molecule has 3 rings (SSSR count). The summed E-state index contributed by atoms with van der Waals surface area (Å²) in [6.07, 6.45) is 3.86. The second kappa shape index (κ2) is 7.36. The van der Waals surface area contributed by atoms with Crippen LogP contribution in [0.4, 0.5) is 0 Å². The molecule has 4 nitrogen and oxygen atoms in total. The molecule has 5 heteroatoms. The Morgan fingerprint density at radius 2 is 2.12 bits per heavy atom. The van der Waals surface area contributed by atoms with Crippen molar-refractivity contribution in [3.05, 3.63) is 34.9 Å². The minimum absolute atomic E-state index is 0.00103. The van der Waals surface area contributed by atoms with E-state index >= 15 is 0 Å². The summed E-state index contributed by atoms with van der Waals surface area (Å²) in [5.41, 5.74) is 0.675. The van der Waals surface area contributed by atoms with Crippen molar-refractivity contribution in [3.63, 3.8) is 0 Å². The van der Waals surface area contributed by atoms with Gasteiger partial charge in [-0.1, -0.05) is 37.6 Å². The summed E-state index contributed by atoms with van der Waals surface area (Å²) in [6, 6.07) is 7.71. The van der Waals surface area contributed by atoms with Crippen molar-refractivity contribution in [3.8, 4) is 0 Å². The largest absolute Gasteiger partial charge is 0.356 e. The van der Waals surface area contributed by atoms with E-state index in [2.05, 4.69) is 5.32 Å². The average molecular weight is 363 g/mol. The minimum Gasteiger partial charge on any atom is -0.356 e. The summed E-state index contributed by atoms with van der Waals surface area (Å²) in [7, 11) is 0. The normalized spacial score (nSPS) is 21.9. The molecule has 0 radical (unpaired) electrons. The van der Waals surface area contributed by atoms with E-state index in [4.69, 9.17) is 11.6 Å². The molecule has 25 heavy (non-hydrogen) atoms. The molecule has 0 aromatic heterocycles. The van der Waals surface area contributed by atoms with Crippen LogP contribution in [-0.2, 0) is 15.0 Å². The fourth-order valence-electron chi connectivity index (χ4n) is 3.71. The number of halogens is 1. The number of amides is 2. The molecule has 1 N–H and O–H groups in total. The summed E-state index contributed by atoms with van der Waals surface area (Å²) >= 11 is 6.12. The minimum atomic E-state index is -0.367. The maximum absolute atomic E-state index is 13.2. The van der Waals surface area contributed by atoms with Gasteiger partial charge < -0.3 is 10.2 Å². The van der Waals surface area contributed by atoms with Gasteiger partial charge in [-0.3, -0.25) is 9.59 Å². The number of hydrogen-bond donors (Lipinski definition) is 1. The topological polar surface area (TPSA) is 49.4 Å². The number of piperidine rings is 1. The zero-order valence-electron chi connectivity index (χ0n) is 15.1. The number of rotatable bonds is 5. The smallest absolute Gasteiger partial charge is 0.233 e. The lowest BCUT2D eigenvalue weighted by Gasteiger charge is -2.35. The van der Waals surface area contributed by atoms with Gasteiger partial charge in [-0.25, -0.2) is 0 Å². The van der Waals surface area contributed by atoms with Crippen molar-refractivity contribution in [2.45, 2.75) is 44.9 Å². The standard InChI is InChI=1S/C20H27ClN2O2/c1-14(2)18(24)22-12-15-5-4-10-23(13-15)19(25)20(8-9-20)16-6-3-7-17(21)11-16/h3,6-7,11,14-15H,4-5,8-10,12-13H2,1-2H3,(H,22,24)/t15-/m1/s1. The van der Waals surface area contributed by atoms with Gasteiger partial charge in [0.25, 0.3) is 0 Å². The predicted octanol–water partition coefficient (Wildman–Crippen LogP) is 3.38. The van der Waals surface area contributed by atoms with Crippen molar-refractivity contribution < 1.29 is 9.59 Å². The maximum atomic E-state index is 13.2. The van der Waals surface area contributed by atoms with Crippen LogP contribution < -0.4 is 5.32 Å². The molecule has 1 aliphatic carbocycles. The van der Waals surface area contributed by atoms with E-state index in [1.807, 2.05) is 43.0 Å². The fraction of sp³-hybridized carbons (Fsp3) is 0.600. The van der Waals surface area contributed by atoms with E-state index < -0.39 is 0 Å². The Kier molecular flexibility index (Phi) is 5.38. The molecule has 1 saturated heterocycles. The van der Waals surface area contributed by atoms with Gasteiger partial charge in [0.2, 0.25) is 11.8 Å². The highest BCUT2D eigenvalue weighted by atomic mass is 35.5. The molecule has 2 aliphatic rings. The molecule has 0 unspecified atom stereocenters. The number of hydrogen-bond acceptors (Lipinski definition) is 2. The third-order valence-corrected chi connectivity index (χ3v) is 5.67. The van der Waals surface area contributed by atoms with Gasteiger partial charge in [0, 0.05) is 30.6 Å². The Hall–Kier alpha value is -1.55. The summed E-state index contributed by atoms with van der Waals surface area (Å²) in [4.78, 5) is 27.0. The summed E-state index contributed by atoms with van der Waals surface area (Å²) < 4.78 is 0. The lowest BCUT2D eigenvalue weighted by atomic mass is 9.91. The molecule has 1 aliphatic heterocycles. The summed E-state index contributed by atoms with van der Waals surface area (Å²) in [6.45, 7) is 6.00. The van der Waals surface area contributed by atoms with Gasteiger partial charge in [0.1, 0.15) is 0 Å². The van der Waals surface area contributed by atoms with Crippen LogP contribution in [0.3, 0.4) is 0 Å². The molecule has 0 bridgehead atoms.